The molecule has 2 aliphatic rings. The first-order valence-corrected chi connectivity index (χ1v) is 8.67. The van der Waals surface area contributed by atoms with E-state index in [1.165, 1.54) is 6.42 Å². The Balaban J connectivity index is 1.66. The summed E-state index contributed by atoms with van der Waals surface area (Å²) in [6, 6.07) is 6.51. The Labute approximate surface area is 140 Å². The molecule has 0 radical (unpaired) electrons. The summed E-state index contributed by atoms with van der Waals surface area (Å²) in [5.41, 5.74) is 2.85. The van der Waals surface area contributed by atoms with Crippen molar-refractivity contribution >= 4 is 5.91 Å². The van der Waals surface area contributed by atoms with E-state index in [2.05, 4.69) is 31.7 Å². The van der Waals surface area contributed by atoms with E-state index in [1.54, 1.807) is 0 Å². The molecule has 0 N–H and O–H groups in total. The van der Waals surface area contributed by atoms with E-state index in [0.717, 1.165) is 36.3 Å². The lowest BCUT2D eigenvalue weighted by Crippen LogP contribution is -2.40. The largest absolute Gasteiger partial charge is 0.483 e. The zero-order valence-corrected chi connectivity index (χ0v) is 15.1. The number of carbonyl (C=O) groups excluding carboxylic acids is 1. The second-order valence-electron chi connectivity index (χ2n) is 8.79. The van der Waals surface area contributed by atoms with Gasteiger partial charge in [-0.25, -0.2) is 0 Å². The minimum atomic E-state index is 0.136. The van der Waals surface area contributed by atoms with Crippen molar-refractivity contribution in [1.29, 1.82) is 0 Å². The minimum absolute atomic E-state index is 0.136. The molecule has 1 amide bonds. The maximum Gasteiger partial charge on any atom is 0.260 e. The van der Waals surface area contributed by atoms with Crippen molar-refractivity contribution in [1.82, 2.24) is 4.90 Å². The van der Waals surface area contributed by atoms with Gasteiger partial charge in [-0.2, -0.15) is 0 Å². The van der Waals surface area contributed by atoms with Crippen LogP contribution in [0, 0.1) is 24.7 Å². The summed E-state index contributed by atoms with van der Waals surface area (Å²) in [6.45, 7) is 12.1. The Morgan fingerprint density at radius 1 is 1.26 bits per heavy atom. The number of benzene rings is 1. The van der Waals surface area contributed by atoms with Crippen LogP contribution in [0.4, 0.5) is 0 Å². The molecule has 1 aliphatic heterocycles. The second-order valence-corrected chi connectivity index (χ2v) is 8.79. The number of amides is 1. The first-order valence-electron chi connectivity index (χ1n) is 8.67. The molecule has 0 unspecified atom stereocenters. The highest BCUT2D eigenvalue weighted by molar-refractivity contribution is 5.78. The Bertz CT molecular complexity index is 622. The summed E-state index contributed by atoms with van der Waals surface area (Å²) in [7, 11) is 0. The fourth-order valence-electron chi connectivity index (χ4n) is 4.84. The molecule has 1 saturated carbocycles. The molecule has 2 bridgehead atoms. The van der Waals surface area contributed by atoms with Gasteiger partial charge in [0.2, 0.25) is 0 Å². The van der Waals surface area contributed by atoms with Gasteiger partial charge in [0.05, 0.1) is 0 Å². The van der Waals surface area contributed by atoms with Gasteiger partial charge in [0, 0.05) is 12.6 Å². The predicted octanol–water partition coefficient (Wildman–Crippen LogP) is 4.11. The highest BCUT2D eigenvalue weighted by atomic mass is 16.5. The minimum Gasteiger partial charge on any atom is -0.483 e. The lowest BCUT2D eigenvalue weighted by molar-refractivity contribution is -0.134. The summed E-state index contributed by atoms with van der Waals surface area (Å²) < 4.78 is 5.83. The van der Waals surface area contributed by atoms with Crippen LogP contribution in [0.2, 0.25) is 0 Å². The van der Waals surface area contributed by atoms with Crippen LogP contribution in [0.25, 0.3) is 0 Å². The summed E-state index contributed by atoms with van der Waals surface area (Å²) in [5.74, 6) is 0.962. The molecule has 1 aromatic carbocycles. The molecule has 3 rings (SSSR count). The van der Waals surface area contributed by atoms with Gasteiger partial charge in [-0.3, -0.25) is 4.79 Å². The van der Waals surface area contributed by atoms with E-state index in [1.807, 2.05) is 26.0 Å². The van der Waals surface area contributed by atoms with E-state index >= 15 is 0 Å². The first kappa shape index (κ1) is 16.4. The SMILES string of the molecule is Cc1ccc(C)c(OCC(=O)N2C[C@@]3(C)C[C@H]2CC(C)(C)C3)c1. The summed E-state index contributed by atoms with van der Waals surface area (Å²) in [4.78, 5) is 14.8. The molecule has 23 heavy (non-hydrogen) atoms. The molecule has 3 heteroatoms. The standard InChI is InChI=1S/C20H29NO2/c1-14-6-7-15(2)17(8-14)23-11-18(22)21-13-20(5)10-16(21)9-19(3,4)12-20/h6-8,16H,9-13H2,1-5H3/t16-,20+/m1/s1. The van der Waals surface area contributed by atoms with E-state index < -0.39 is 0 Å². The zero-order valence-electron chi connectivity index (χ0n) is 15.1. The Morgan fingerprint density at radius 2 is 2.00 bits per heavy atom. The lowest BCUT2D eigenvalue weighted by Gasteiger charge is -2.39. The molecule has 0 spiro atoms. The van der Waals surface area contributed by atoms with Crippen molar-refractivity contribution < 1.29 is 9.53 Å². The van der Waals surface area contributed by atoms with Crippen LogP contribution < -0.4 is 4.74 Å². The number of rotatable bonds is 3. The first-order chi connectivity index (χ1) is 10.7. The van der Waals surface area contributed by atoms with Gasteiger partial charge < -0.3 is 9.64 Å². The number of fused-ring (bicyclic) bond motifs is 2. The van der Waals surface area contributed by atoms with Gasteiger partial charge in [0.15, 0.2) is 6.61 Å². The van der Waals surface area contributed by atoms with Crippen LogP contribution in [0.5, 0.6) is 5.75 Å². The highest BCUT2D eigenvalue weighted by Crippen LogP contribution is 2.52. The predicted molar refractivity (Wildman–Crippen MR) is 92.7 cm³/mol. The van der Waals surface area contributed by atoms with Gasteiger partial charge in [0.1, 0.15) is 5.75 Å². The maximum atomic E-state index is 12.7. The van der Waals surface area contributed by atoms with Gasteiger partial charge in [-0.1, -0.05) is 32.9 Å². The summed E-state index contributed by atoms with van der Waals surface area (Å²) >= 11 is 0. The smallest absolute Gasteiger partial charge is 0.260 e. The molecule has 126 valence electrons. The fraction of sp³-hybridized carbons (Fsp3) is 0.650. The number of ether oxygens (including phenoxy) is 1. The molecule has 2 fully saturated rings. The highest BCUT2D eigenvalue weighted by Gasteiger charge is 2.50. The average Bonchev–Trinajstić information content (AvgIpc) is 2.68. The van der Waals surface area contributed by atoms with Crippen molar-refractivity contribution in [2.24, 2.45) is 10.8 Å². The van der Waals surface area contributed by atoms with Crippen LogP contribution in [0.15, 0.2) is 18.2 Å². The molecule has 1 aliphatic carbocycles. The van der Waals surface area contributed by atoms with Crippen LogP contribution in [-0.2, 0) is 4.79 Å². The Kier molecular flexibility index (Phi) is 3.94. The van der Waals surface area contributed by atoms with Gasteiger partial charge in [-0.15, -0.1) is 0 Å². The van der Waals surface area contributed by atoms with E-state index in [-0.39, 0.29) is 17.9 Å². The van der Waals surface area contributed by atoms with Gasteiger partial charge in [0.25, 0.3) is 5.91 Å². The van der Waals surface area contributed by atoms with Crippen LogP contribution in [0.1, 0.15) is 51.2 Å². The van der Waals surface area contributed by atoms with Gasteiger partial charge >= 0.3 is 0 Å². The molecule has 3 nitrogen and oxygen atoms in total. The average molecular weight is 315 g/mol. The van der Waals surface area contributed by atoms with Crippen molar-refractivity contribution in [3.63, 3.8) is 0 Å². The number of hydrogen-bond donors (Lipinski definition) is 0. The van der Waals surface area contributed by atoms with Crippen molar-refractivity contribution in [3.05, 3.63) is 29.3 Å². The number of aryl methyl sites for hydroxylation is 2. The summed E-state index contributed by atoms with van der Waals surface area (Å²) in [6.07, 6.45) is 3.46. The third kappa shape index (κ3) is 3.39. The van der Waals surface area contributed by atoms with Crippen LogP contribution >= 0.6 is 0 Å². The molecular weight excluding hydrogens is 286 g/mol. The normalized spacial score (nSPS) is 28.7. The zero-order chi connectivity index (χ0) is 16.8. The van der Waals surface area contributed by atoms with Crippen LogP contribution in [0.3, 0.4) is 0 Å². The number of hydrogen-bond acceptors (Lipinski definition) is 2. The number of likely N-dealkylation sites (tertiary alicyclic amines) is 1. The molecule has 2 atom stereocenters. The number of carbonyl (C=O) groups is 1. The van der Waals surface area contributed by atoms with Crippen LogP contribution in [-0.4, -0.2) is 30.0 Å². The van der Waals surface area contributed by atoms with Crippen molar-refractivity contribution in [2.75, 3.05) is 13.2 Å². The molecular formula is C20H29NO2. The molecule has 0 aromatic heterocycles. The molecule has 1 saturated heterocycles. The topological polar surface area (TPSA) is 29.5 Å². The molecule has 1 aromatic rings. The Morgan fingerprint density at radius 3 is 2.74 bits per heavy atom. The summed E-state index contributed by atoms with van der Waals surface area (Å²) in [5, 5.41) is 0. The van der Waals surface area contributed by atoms with Crippen molar-refractivity contribution in [2.45, 2.75) is 59.9 Å². The lowest BCUT2D eigenvalue weighted by atomic mass is 9.65. The fourth-order valence-corrected chi connectivity index (χ4v) is 4.84. The van der Waals surface area contributed by atoms with Gasteiger partial charge in [-0.05, 0) is 61.1 Å². The monoisotopic (exact) mass is 315 g/mol. The van der Waals surface area contributed by atoms with E-state index in [9.17, 15) is 4.79 Å². The number of nitrogens with zero attached hydrogens (tertiary/aromatic N) is 1. The van der Waals surface area contributed by atoms with E-state index in [4.69, 9.17) is 4.74 Å². The quantitative estimate of drug-likeness (QED) is 0.840. The van der Waals surface area contributed by atoms with Crippen molar-refractivity contribution in [3.8, 4) is 5.75 Å². The Hall–Kier alpha value is -1.51. The third-order valence-electron chi connectivity index (χ3n) is 5.43. The maximum absolute atomic E-state index is 12.7. The second kappa shape index (κ2) is 5.54. The van der Waals surface area contributed by atoms with E-state index in [0.29, 0.717) is 11.5 Å². The molecule has 1 heterocycles. The third-order valence-corrected chi connectivity index (χ3v) is 5.43.